The Labute approximate surface area is 131 Å². The number of carbonyl (C=O) groups is 1. The molecular weight excluding hydrogens is 336 g/mol. The Hall–Kier alpha value is -1.20. The van der Waals surface area contributed by atoms with Crippen LogP contribution in [0.4, 0.5) is 5.13 Å². The highest BCUT2D eigenvalue weighted by atomic mass is 79.9. The number of aryl methyl sites for hydroxylation is 1. The number of thiazole rings is 1. The molecule has 0 bridgehead atoms. The van der Waals surface area contributed by atoms with E-state index in [-0.39, 0.29) is 5.91 Å². The summed E-state index contributed by atoms with van der Waals surface area (Å²) in [5.41, 5.74) is 1.99. The smallest absolute Gasteiger partial charge is 0.226 e. The summed E-state index contributed by atoms with van der Waals surface area (Å²) in [5.74, 6) is 0.373. The van der Waals surface area contributed by atoms with E-state index in [0.717, 1.165) is 20.6 Å². The van der Waals surface area contributed by atoms with Crippen molar-refractivity contribution in [2.75, 3.05) is 5.32 Å². The van der Waals surface area contributed by atoms with Crippen molar-refractivity contribution in [1.82, 2.24) is 4.98 Å². The topological polar surface area (TPSA) is 42.0 Å². The monoisotopic (exact) mass is 352 g/mol. The SMILES string of the molecule is Cc1sc(NC(=O)CC(C)C)nc1-c1ccc(Br)cc1. The van der Waals surface area contributed by atoms with Crippen LogP contribution in [0.25, 0.3) is 11.3 Å². The Kier molecular flexibility index (Phi) is 4.94. The number of benzene rings is 1. The molecule has 0 aliphatic rings. The van der Waals surface area contributed by atoms with Crippen LogP contribution in [0.1, 0.15) is 25.1 Å². The lowest BCUT2D eigenvalue weighted by Gasteiger charge is -2.03. The van der Waals surface area contributed by atoms with Crippen molar-refractivity contribution in [2.24, 2.45) is 5.92 Å². The first kappa shape index (κ1) is 15.2. The number of halogens is 1. The highest BCUT2D eigenvalue weighted by Gasteiger charge is 2.12. The predicted molar refractivity (Wildman–Crippen MR) is 88.1 cm³/mol. The van der Waals surface area contributed by atoms with Crippen LogP contribution in [0.15, 0.2) is 28.7 Å². The zero-order valence-electron chi connectivity index (χ0n) is 11.7. The second kappa shape index (κ2) is 6.50. The molecule has 1 aromatic carbocycles. The van der Waals surface area contributed by atoms with Gasteiger partial charge in [-0.15, -0.1) is 11.3 Å². The summed E-state index contributed by atoms with van der Waals surface area (Å²) in [7, 11) is 0. The fourth-order valence-electron chi connectivity index (χ4n) is 1.87. The van der Waals surface area contributed by atoms with E-state index in [0.29, 0.717) is 17.5 Å². The van der Waals surface area contributed by atoms with Gasteiger partial charge in [0.1, 0.15) is 0 Å². The standard InChI is InChI=1S/C15H17BrN2OS/c1-9(2)8-13(19)17-15-18-14(10(3)20-15)11-4-6-12(16)7-5-11/h4-7,9H,8H2,1-3H3,(H,17,18,19). The van der Waals surface area contributed by atoms with Crippen LogP contribution in [0, 0.1) is 12.8 Å². The molecule has 106 valence electrons. The lowest BCUT2D eigenvalue weighted by molar-refractivity contribution is -0.116. The van der Waals surface area contributed by atoms with Crippen molar-refractivity contribution < 1.29 is 4.79 Å². The number of hydrogen-bond donors (Lipinski definition) is 1. The number of nitrogens with zero attached hydrogens (tertiary/aromatic N) is 1. The Bertz CT molecular complexity index is 605. The maximum Gasteiger partial charge on any atom is 0.226 e. The van der Waals surface area contributed by atoms with Gasteiger partial charge in [-0.1, -0.05) is 41.9 Å². The lowest BCUT2D eigenvalue weighted by atomic mass is 10.1. The quantitative estimate of drug-likeness (QED) is 0.852. The number of rotatable bonds is 4. The number of anilines is 1. The number of amides is 1. The van der Waals surface area contributed by atoms with Crippen LogP contribution in [0.5, 0.6) is 0 Å². The minimum Gasteiger partial charge on any atom is -0.302 e. The molecule has 1 aromatic heterocycles. The number of nitrogens with one attached hydrogen (secondary N) is 1. The van der Waals surface area contributed by atoms with E-state index in [1.165, 1.54) is 11.3 Å². The molecule has 1 N–H and O–H groups in total. The van der Waals surface area contributed by atoms with Gasteiger partial charge in [0.25, 0.3) is 0 Å². The highest BCUT2D eigenvalue weighted by Crippen LogP contribution is 2.31. The second-order valence-electron chi connectivity index (χ2n) is 5.08. The Morgan fingerprint density at radius 2 is 2.00 bits per heavy atom. The van der Waals surface area contributed by atoms with Crippen LogP contribution < -0.4 is 5.32 Å². The van der Waals surface area contributed by atoms with E-state index in [4.69, 9.17) is 0 Å². The first-order valence-electron chi connectivity index (χ1n) is 6.49. The van der Waals surface area contributed by atoms with Crippen molar-refractivity contribution in [3.8, 4) is 11.3 Å². The highest BCUT2D eigenvalue weighted by molar-refractivity contribution is 9.10. The minimum atomic E-state index is 0.0242. The molecule has 0 atom stereocenters. The number of carbonyl (C=O) groups excluding carboxylic acids is 1. The fourth-order valence-corrected chi connectivity index (χ4v) is 2.98. The molecule has 2 aromatic rings. The molecule has 1 amide bonds. The molecule has 0 aliphatic heterocycles. The summed E-state index contributed by atoms with van der Waals surface area (Å²) in [5, 5.41) is 3.55. The molecule has 0 fully saturated rings. The third-order valence-electron chi connectivity index (χ3n) is 2.75. The first-order chi connectivity index (χ1) is 9.45. The average Bonchev–Trinajstić information content (AvgIpc) is 2.70. The summed E-state index contributed by atoms with van der Waals surface area (Å²) in [6.45, 7) is 6.08. The van der Waals surface area contributed by atoms with Crippen molar-refractivity contribution in [2.45, 2.75) is 27.2 Å². The molecule has 5 heteroatoms. The molecule has 2 rings (SSSR count). The van der Waals surface area contributed by atoms with Gasteiger partial charge in [-0.3, -0.25) is 4.79 Å². The second-order valence-corrected chi connectivity index (χ2v) is 7.20. The Balaban J connectivity index is 2.17. The predicted octanol–water partition coefficient (Wildman–Crippen LogP) is 4.87. The zero-order valence-corrected chi connectivity index (χ0v) is 14.1. The van der Waals surface area contributed by atoms with E-state index in [1.807, 2.05) is 45.0 Å². The summed E-state index contributed by atoms with van der Waals surface area (Å²) >= 11 is 4.94. The van der Waals surface area contributed by atoms with Gasteiger partial charge in [0.05, 0.1) is 5.69 Å². The number of aromatic nitrogens is 1. The van der Waals surface area contributed by atoms with Gasteiger partial charge in [-0.2, -0.15) is 0 Å². The normalized spacial score (nSPS) is 10.8. The maximum atomic E-state index is 11.8. The van der Waals surface area contributed by atoms with Gasteiger partial charge in [-0.05, 0) is 25.0 Å². The molecule has 0 unspecified atom stereocenters. The minimum absolute atomic E-state index is 0.0242. The molecule has 0 saturated heterocycles. The van der Waals surface area contributed by atoms with Crippen LogP contribution in [-0.2, 0) is 4.79 Å². The van der Waals surface area contributed by atoms with Crippen molar-refractivity contribution in [1.29, 1.82) is 0 Å². The van der Waals surface area contributed by atoms with Gasteiger partial charge in [0.15, 0.2) is 5.13 Å². The van der Waals surface area contributed by atoms with Gasteiger partial charge < -0.3 is 5.32 Å². The van der Waals surface area contributed by atoms with Gasteiger partial charge >= 0.3 is 0 Å². The molecule has 0 aliphatic carbocycles. The summed E-state index contributed by atoms with van der Waals surface area (Å²) < 4.78 is 1.04. The first-order valence-corrected chi connectivity index (χ1v) is 8.10. The van der Waals surface area contributed by atoms with E-state index in [2.05, 4.69) is 26.2 Å². The summed E-state index contributed by atoms with van der Waals surface area (Å²) in [4.78, 5) is 17.4. The van der Waals surface area contributed by atoms with Crippen LogP contribution >= 0.6 is 27.3 Å². The number of hydrogen-bond acceptors (Lipinski definition) is 3. The third-order valence-corrected chi connectivity index (χ3v) is 4.17. The van der Waals surface area contributed by atoms with E-state index in [9.17, 15) is 4.79 Å². The van der Waals surface area contributed by atoms with Crippen LogP contribution in [-0.4, -0.2) is 10.9 Å². The molecule has 20 heavy (non-hydrogen) atoms. The largest absolute Gasteiger partial charge is 0.302 e. The molecule has 0 radical (unpaired) electrons. The third kappa shape index (κ3) is 3.90. The fraction of sp³-hybridized carbons (Fsp3) is 0.333. The Morgan fingerprint density at radius 1 is 1.35 bits per heavy atom. The lowest BCUT2D eigenvalue weighted by Crippen LogP contribution is -2.13. The van der Waals surface area contributed by atoms with Gasteiger partial charge in [-0.25, -0.2) is 4.98 Å². The van der Waals surface area contributed by atoms with E-state index in [1.54, 1.807) is 0 Å². The molecule has 0 spiro atoms. The van der Waals surface area contributed by atoms with E-state index < -0.39 is 0 Å². The average molecular weight is 353 g/mol. The van der Waals surface area contributed by atoms with Gasteiger partial charge in [0.2, 0.25) is 5.91 Å². The van der Waals surface area contributed by atoms with Crippen molar-refractivity contribution in [3.63, 3.8) is 0 Å². The molecule has 3 nitrogen and oxygen atoms in total. The van der Waals surface area contributed by atoms with Crippen LogP contribution in [0.2, 0.25) is 0 Å². The molecule has 0 saturated carbocycles. The van der Waals surface area contributed by atoms with Crippen molar-refractivity contribution in [3.05, 3.63) is 33.6 Å². The zero-order chi connectivity index (χ0) is 14.7. The summed E-state index contributed by atoms with van der Waals surface area (Å²) in [6.07, 6.45) is 0.520. The molecular formula is C15H17BrN2OS. The Morgan fingerprint density at radius 3 is 2.60 bits per heavy atom. The van der Waals surface area contributed by atoms with E-state index >= 15 is 0 Å². The van der Waals surface area contributed by atoms with Crippen molar-refractivity contribution >= 4 is 38.3 Å². The maximum absolute atomic E-state index is 11.8. The summed E-state index contributed by atoms with van der Waals surface area (Å²) in [6, 6.07) is 8.02. The van der Waals surface area contributed by atoms with Gasteiger partial charge in [0, 0.05) is 21.3 Å². The van der Waals surface area contributed by atoms with Crippen LogP contribution in [0.3, 0.4) is 0 Å². The molecule has 1 heterocycles.